The molecular weight excluding hydrogens is 316 g/mol. The van der Waals surface area contributed by atoms with Gasteiger partial charge in [0.2, 0.25) is 0 Å². The fourth-order valence-electron chi connectivity index (χ4n) is 4.10. The van der Waals surface area contributed by atoms with Crippen molar-refractivity contribution in [1.82, 2.24) is 4.90 Å². The number of benzene rings is 1. The van der Waals surface area contributed by atoms with Crippen molar-refractivity contribution < 1.29 is 4.79 Å². The molecule has 1 amide bonds. The van der Waals surface area contributed by atoms with Crippen LogP contribution in [-0.2, 0) is 11.8 Å². The van der Waals surface area contributed by atoms with Crippen LogP contribution >= 0.6 is 11.3 Å². The maximum absolute atomic E-state index is 12.9. The third kappa shape index (κ3) is 2.49. The standard InChI is InChI=1S/C20H24N2OS/c1-20(2)10-14-9-17(19(23)22-8-7-13(11-21)12-22)24-18(14)15-5-3-4-6-16(15)20/h3-6,9,13H,7-8,10-12,21H2,1-2H3. The van der Waals surface area contributed by atoms with Crippen LogP contribution in [0.3, 0.4) is 0 Å². The minimum atomic E-state index is 0.114. The number of fused-ring (bicyclic) bond motifs is 3. The second kappa shape index (κ2) is 5.71. The van der Waals surface area contributed by atoms with Crippen LogP contribution in [0.5, 0.6) is 0 Å². The minimum absolute atomic E-state index is 0.114. The van der Waals surface area contributed by atoms with Gasteiger partial charge in [0.1, 0.15) is 0 Å². The van der Waals surface area contributed by atoms with Gasteiger partial charge in [-0.3, -0.25) is 4.79 Å². The van der Waals surface area contributed by atoms with Crippen LogP contribution < -0.4 is 5.73 Å². The van der Waals surface area contributed by atoms with Crippen molar-refractivity contribution in [3.63, 3.8) is 0 Å². The highest BCUT2D eigenvalue weighted by Crippen LogP contribution is 2.46. The average molecular weight is 340 g/mol. The molecule has 1 fully saturated rings. The van der Waals surface area contributed by atoms with Crippen molar-refractivity contribution in [2.75, 3.05) is 19.6 Å². The van der Waals surface area contributed by atoms with Crippen molar-refractivity contribution in [1.29, 1.82) is 0 Å². The van der Waals surface area contributed by atoms with Crippen molar-refractivity contribution in [3.05, 3.63) is 46.3 Å². The Kier molecular flexibility index (Phi) is 3.77. The van der Waals surface area contributed by atoms with E-state index in [0.29, 0.717) is 12.5 Å². The van der Waals surface area contributed by atoms with Crippen LogP contribution in [0.25, 0.3) is 10.4 Å². The second-order valence-electron chi connectivity index (χ2n) is 7.71. The molecule has 2 aliphatic rings. The molecule has 0 bridgehead atoms. The highest BCUT2D eigenvalue weighted by molar-refractivity contribution is 7.17. The van der Waals surface area contributed by atoms with Crippen molar-refractivity contribution >= 4 is 17.2 Å². The first-order chi connectivity index (χ1) is 11.5. The molecule has 1 aliphatic carbocycles. The van der Waals surface area contributed by atoms with E-state index in [1.165, 1.54) is 21.6 Å². The van der Waals surface area contributed by atoms with Gasteiger partial charge in [-0.1, -0.05) is 38.1 Å². The van der Waals surface area contributed by atoms with Crippen LogP contribution in [0.15, 0.2) is 30.3 Å². The summed E-state index contributed by atoms with van der Waals surface area (Å²) >= 11 is 1.66. The Labute approximate surface area is 147 Å². The van der Waals surface area contributed by atoms with E-state index in [1.54, 1.807) is 11.3 Å². The van der Waals surface area contributed by atoms with Gasteiger partial charge in [-0.2, -0.15) is 0 Å². The molecule has 1 aromatic heterocycles. The molecule has 1 aliphatic heterocycles. The Morgan fingerprint density at radius 2 is 2.17 bits per heavy atom. The fraction of sp³-hybridized carbons (Fsp3) is 0.450. The number of carbonyl (C=O) groups is 1. The summed E-state index contributed by atoms with van der Waals surface area (Å²) in [6, 6.07) is 10.8. The zero-order valence-electron chi connectivity index (χ0n) is 14.3. The zero-order chi connectivity index (χ0) is 16.9. The summed E-state index contributed by atoms with van der Waals surface area (Å²) in [7, 11) is 0. The summed E-state index contributed by atoms with van der Waals surface area (Å²) < 4.78 is 0. The molecule has 1 aromatic carbocycles. The molecule has 1 unspecified atom stereocenters. The van der Waals surface area contributed by atoms with E-state index in [9.17, 15) is 4.79 Å². The van der Waals surface area contributed by atoms with Crippen LogP contribution in [0, 0.1) is 5.92 Å². The zero-order valence-corrected chi connectivity index (χ0v) is 15.2. The molecule has 1 atom stereocenters. The first-order valence-corrected chi connectivity index (χ1v) is 9.53. The summed E-state index contributed by atoms with van der Waals surface area (Å²) in [6.45, 7) is 6.90. The predicted octanol–water partition coefficient (Wildman–Crippen LogP) is 3.67. The Hall–Kier alpha value is -1.65. The Morgan fingerprint density at radius 3 is 2.92 bits per heavy atom. The lowest BCUT2D eigenvalue weighted by molar-refractivity contribution is 0.0792. The fourth-order valence-corrected chi connectivity index (χ4v) is 5.29. The lowest BCUT2D eigenvalue weighted by Gasteiger charge is -2.32. The number of rotatable bonds is 2. The molecule has 0 saturated carbocycles. The molecule has 2 heterocycles. The summed E-state index contributed by atoms with van der Waals surface area (Å²) in [5, 5.41) is 0. The maximum atomic E-state index is 12.9. The van der Waals surface area contributed by atoms with E-state index in [-0.39, 0.29) is 11.3 Å². The van der Waals surface area contributed by atoms with Crippen molar-refractivity contribution in [2.24, 2.45) is 11.7 Å². The lowest BCUT2D eigenvalue weighted by Crippen LogP contribution is -2.29. The first-order valence-electron chi connectivity index (χ1n) is 8.71. The number of hydrogen-bond donors (Lipinski definition) is 1. The molecule has 2 aromatic rings. The van der Waals surface area contributed by atoms with Crippen LogP contribution in [0.1, 0.15) is 41.1 Å². The average Bonchev–Trinajstić information content (AvgIpc) is 3.20. The number of likely N-dealkylation sites (tertiary alicyclic amines) is 1. The predicted molar refractivity (Wildman–Crippen MR) is 99.5 cm³/mol. The number of carbonyl (C=O) groups excluding carboxylic acids is 1. The Bertz CT molecular complexity index is 793. The molecule has 2 N–H and O–H groups in total. The quantitative estimate of drug-likeness (QED) is 0.907. The topological polar surface area (TPSA) is 46.3 Å². The molecule has 126 valence electrons. The van der Waals surface area contributed by atoms with Gasteiger partial charge in [0.15, 0.2) is 0 Å². The first kappa shape index (κ1) is 15.9. The smallest absolute Gasteiger partial charge is 0.263 e. The van der Waals surface area contributed by atoms with Crippen LogP contribution in [0.4, 0.5) is 0 Å². The van der Waals surface area contributed by atoms with E-state index < -0.39 is 0 Å². The maximum Gasteiger partial charge on any atom is 0.263 e. The van der Waals surface area contributed by atoms with E-state index in [4.69, 9.17) is 5.73 Å². The molecule has 0 spiro atoms. The summed E-state index contributed by atoms with van der Waals surface area (Å²) in [5.41, 5.74) is 9.89. The highest BCUT2D eigenvalue weighted by atomic mass is 32.1. The van der Waals surface area contributed by atoms with E-state index >= 15 is 0 Å². The Morgan fingerprint density at radius 1 is 1.38 bits per heavy atom. The molecular formula is C20H24N2OS. The van der Waals surface area contributed by atoms with Gasteiger partial charge in [0.25, 0.3) is 5.91 Å². The van der Waals surface area contributed by atoms with Crippen LogP contribution in [0.2, 0.25) is 0 Å². The molecule has 4 rings (SSSR count). The number of thiophene rings is 1. The third-order valence-electron chi connectivity index (χ3n) is 5.46. The van der Waals surface area contributed by atoms with Gasteiger partial charge in [-0.25, -0.2) is 0 Å². The van der Waals surface area contributed by atoms with Gasteiger partial charge >= 0.3 is 0 Å². The SMILES string of the molecule is CC1(C)Cc2cc(C(=O)N3CCC(CN)C3)sc2-c2ccccc21. The number of amides is 1. The number of nitrogens with zero attached hydrogens (tertiary/aromatic N) is 1. The lowest BCUT2D eigenvalue weighted by atomic mass is 9.73. The highest BCUT2D eigenvalue weighted by Gasteiger charge is 2.34. The van der Waals surface area contributed by atoms with Gasteiger partial charge < -0.3 is 10.6 Å². The normalized spacial score (nSPS) is 21.5. The molecule has 24 heavy (non-hydrogen) atoms. The molecule has 0 radical (unpaired) electrons. The largest absolute Gasteiger partial charge is 0.338 e. The Balaban J connectivity index is 1.69. The molecule has 1 saturated heterocycles. The van der Waals surface area contributed by atoms with Crippen molar-refractivity contribution in [2.45, 2.75) is 32.1 Å². The molecule has 4 heteroatoms. The van der Waals surface area contributed by atoms with Crippen LogP contribution in [-0.4, -0.2) is 30.4 Å². The van der Waals surface area contributed by atoms with Gasteiger partial charge in [-0.05, 0) is 53.5 Å². The van der Waals surface area contributed by atoms with Crippen molar-refractivity contribution in [3.8, 4) is 10.4 Å². The summed E-state index contributed by atoms with van der Waals surface area (Å²) in [6.07, 6.45) is 2.03. The van der Waals surface area contributed by atoms with E-state index in [2.05, 4.69) is 44.2 Å². The second-order valence-corrected chi connectivity index (χ2v) is 8.77. The van der Waals surface area contributed by atoms with E-state index in [1.807, 2.05) is 4.90 Å². The van der Waals surface area contributed by atoms with E-state index in [0.717, 1.165) is 30.8 Å². The van der Waals surface area contributed by atoms with Gasteiger partial charge in [0.05, 0.1) is 4.88 Å². The summed E-state index contributed by atoms with van der Waals surface area (Å²) in [5.74, 6) is 0.642. The minimum Gasteiger partial charge on any atom is -0.338 e. The number of nitrogens with two attached hydrogens (primary N) is 1. The third-order valence-corrected chi connectivity index (χ3v) is 6.66. The van der Waals surface area contributed by atoms with Gasteiger partial charge in [-0.15, -0.1) is 11.3 Å². The number of hydrogen-bond acceptors (Lipinski definition) is 3. The monoisotopic (exact) mass is 340 g/mol. The summed E-state index contributed by atoms with van der Waals surface area (Å²) in [4.78, 5) is 17.0. The van der Waals surface area contributed by atoms with Gasteiger partial charge in [0, 0.05) is 18.0 Å². The molecule has 3 nitrogen and oxygen atoms in total.